The maximum atomic E-state index is 13.4. The van der Waals surface area contributed by atoms with E-state index in [2.05, 4.69) is 68.5 Å². The highest BCUT2D eigenvalue weighted by Gasteiger charge is 2.18. The number of halogens is 1. The molecule has 0 aliphatic carbocycles. The van der Waals surface area contributed by atoms with Crippen LogP contribution in [0.2, 0.25) is 0 Å². The zero-order valence-corrected chi connectivity index (χ0v) is 29.4. The van der Waals surface area contributed by atoms with Crippen molar-refractivity contribution in [3.63, 3.8) is 0 Å². The SMILES string of the molecule is CCCN(CCC(C)C)CC(C)Cn1c(C)c(C)c2cc(Oc3cccc(C(=O)Nc4cc(O)c(-c5ccc(F)cc5)c(O)c4)c3)ccc21. The number of carbonyl (C=O) groups is 1. The number of hydrogen-bond donors (Lipinski definition) is 3. The van der Waals surface area contributed by atoms with E-state index in [-0.39, 0.29) is 22.7 Å². The summed E-state index contributed by atoms with van der Waals surface area (Å²) in [7, 11) is 0. The summed E-state index contributed by atoms with van der Waals surface area (Å²) in [6.07, 6.45) is 2.38. The van der Waals surface area contributed by atoms with Gasteiger partial charge in [-0.2, -0.15) is 0 Å². The number of aromatic nitrogens is 1. The van der Waals surface area contributed by atoms with Crippen LogP contribution in [0.15, 0.2) is 78.9 Å². The molecular weight excluding hydrogens is 617 g/mol. The van der Waals surface area contributed by atoms with Gasteiger partial charge in [-0.15, -0.1) is 0 Å². The van der Waals surface area contributed by atoms with Gasteiger partial charge < -0.3 is 29.7 Å². The Balaban J connectivity index is 1.28. The summed E-state index contributed by atoms with van der Waals surface area (Å²) in [5.41, 5.74) is 4.81. The Morgan fingerprint density at radius 3 is 2.29 bits per heavy atom. The van der Waals surface area contributed by atoms with Crippen LogP contribution in [0.1, 0.15) is 62.2 Å². The third-order valence-electron chi connectivity index (χ3n) is 9.06. The molecule has 0 saturated carbocycles. The second-order valence-corrected chi connectivity index (χ2v) is 13.6. The van der Waals surface area contributed by atoms with Crippen LogP contribution >= 0.6 is 0 Å². The molecule has 0 saturated heterocycles. The monoisotopic (exact) mass is 665 g/mol. The Bertz CT molecular complexity index is 1890. The van der Waals surface area contributed by atoms with Crippen LogP contribution in [0.5, 0.6) is 23.0 Å². The van der Waals surface area contributed by atoms with Crippen LogP contribution in [-0.4, -0.2) is 45.2 Å². The highest BCUT2D eigenvalue weighted by molar-refractivity contribution is 6.05. The summed E-state index contributed by atoms with van der Waals surface area (Å²) >= 11 is 0. The van der Waals surface area contributed by atoms with E-state index in [1.165, 1.54) is 59.6 Å². The number of nitrogens with one attached hydrogen (secondary N) is 1. The zero-order chi connectivity index (χ0) is 35.2. The molecule has 0 spiro atoms. The predicted octanol–water partition coefficient (Wildman–Crippen LogP) is 9.91. The first-order valence-corrected chi connectivity index (χ1v) is 17.2. The Kier molecular flexibility index (Phi) is 11.3. The van der Waals surface area contributed by atoms with E-state index < -0.39 is 11.7 Å². The van der Waals surface area contributed by atoms with Gasteiger partial charge in [0.1, 0.15) is 28.8 Å². The van der Waals surface area contributed by atoms with Gasteiger partial charge >= 0.3 is 0 Å². The van der Waals surface area contributed by atoms with Gasteiger partial charge in [0, 0.05) is 53.1 Å². The van der Waals surface area contributed by atoms with Crippen LogP contribution < -0.4 is 10.1 Å². The second-order valence-electron chi connectivity index (χ2n) is 13.6. The minimum Gasteiger partial charge on any atom is -0.507 e. The third kappa shape index (κ3) is 8.62. The van der Waals surface area contributed by atoms with Gasteiger partial charge in [0.05, 0.1) is 5.56 Å². The van der Waals surface area contributed by atoms with E-state index in [4.69, 9.17) is 4.74 Å². The molecule has 0 aliphatic heterocycles. The molecule has 1 amide bonds. The first-order valence-electron chi connectivity index (χ1n) is 17.2. The molecule has 0 aliphatic rings. The Hall–Kier alpha value is -4.82. The van der Waals surface area contributed by atoms with Gasteiger partial charge in [-0.3, -0.25) is 4.79 Å². The lowest BCUT2D eigenvalue weighted by Gasteiger charge is -2.27. The molecule has 1 heterocycles. The van der Waals surface area contributed by atoms with E-state index in [1.54, 1.807) is 24.3 Å². The number of carbonyl (C=O) groups excluding carboxylic acids is 1. The number of aryl methyl sites for hydroxylation is 1. The molecule has 0 fully saturated rings. The molecule has 5 rings (SSSR count). The van der Waals surface area contributed by atoms with Crippen molar-refractivity contribution in [2.75, 3.05) is 25.0 Å². The van der Waals surface area contributed by atoms with E-state index in [1.807, 2.05) is 6.07 Å². The number of phenols is 2. The first-order chi connectivity index (χ1) is 23.4. The Morgan fingerprint density at radius 1 is 0.918 bits per heavy atom. The average molecular weight is 666 g/mol. The number of benzene rings is 4. The Labute approximate surface area is 289 Å². The number of rotatable bonds is 14. The molecule has 1 atom stereocenters. The Morgan fingerprint density at radius 2 is 1.61 bits per heavy atom. The highest BCUT2D eigenvalue weighted by atomic mass is 19.1. The molecule has 0 bridgehead atoms. The molecule has 4 aromatic carbocycles. The number of ether oxygens (including phenoxy) is 1. The van der Waals surface area contributed by atoms with Crippen molar-refractivity contribution in [1.82, 2.24) is 9.47 Å². The number of aromatic hydroxyl groups is 2. The lowest BCUT2D eigenvalue weighted by Crippen LogP contribution is -2.32. The van der Waals surface area contributed by atoms with Crippen LogP contribution in [0.4, 0.5) is 10.1 Å². The molecule has 1 unspecified atom stereocenters. The van der Waals surface area contributed by atoms with Gasteiger partial charge in [0.25, 0.3) is 5.91 Å². The van der Waals surface area contributed by atoms with Crippen molar-refractivity contribution in [2.45, 2.75) is 60.9 Å². The summed E-state index contributed by atoms with van der Waals surface area (Å²) in [6, 6.07) is 21.1. The van der Waals surface area contributed by atoms with Gasteiger partial charge in [0.15, 0.2) is 0 Å². The number of phenolic OH excluding ortho intramolecular Hbond substituents is 2. The molecule has 49 heavy (non-hydrogen) atoms. The van der Waals surface area contributed by atoms with Gasteiger partial charge in [0.2, 0.25) is 0 Å². The number of fused-ring (bicyclic) bond motifs is 1. The fraction of sp³-hybridized carbons (Fsp3) is 0.341. The summed E-state index contributed by atoms with van der Waals surface area (Å²) in [6.45, 7) is 17.8. The summed E-state index contributed by atoms with van der Waals surface area (Å²) in [5.74, 6) is 1.02. The van der Waals surface area contributed by atoms with Crippen molar-refractivity contribution in [1.29, 1.82) is 0 Å². The smallest absolute Gasteiger partial charge is 0.255 e. The van der Waals surface area contributed by atoms with E-state index in [0.29, 0.717) is 34.5 Å². The maximum absolute atomic E-state index is 13.4. The number of anilines is 1. The van der Waals surface area contributed by atoms with E-state index in [9.17, 15) is 19.4 Å². The average Bonchev–Trinajstić information content (AvgIpc) is 3.28. The van der Waals surface area contributed by atoms with Crippen molar-refractivity contribution < 1.29 is 24.1 Å². The minimum absolute atomic E-state index is 0.149. The van der Waals surface area contributed by atoms with Gasteiger partial charge in [-0.1, -0.05) is 45.9 Å². The highest BCUT2D eigenvalue weighted by Crippen LogP contribution is 2.40. The molecular formula is C41H48FN3O4. The number of nitrogens with zero attached hydrogens (tertiary/aromatic N) is 2. The molecule has 8 heteroatoms. The fourth-order valence-corrected chi connectivity index (χ4v) is 6.43. The van der Waals surface area contributed by atoms with Gasteiger partial charge in [-0.05, 0) is 111 Å². The molecule has 1 aromatic heterocycles. The van der Waals surface area contributed by atoms with E-state index in [0.717, 1.165) is 38.0 Å². The lowest BCUT2D eigenvalue weighted by molar-refractivity contribution is 0.102. The predicted molar refractivity (Wildman–Crippen MR) is 196 cm³/mol. The number of hydrogen-bond acceptors (Lipinski definition) is 5. The normalized spacial score (nSPS) is 12.2. The van der Waals surface area contributed by atoms with Crippen molar-refractivity contribution in [2.24, 2.45) is 11.8 Å². The standard InChI is InChI=1S/C41H48FN3O4/c1-7-18-44(19-17-26(2)3)24-27(4)25-45-29(6)28(5)36-23-35(15-16-37(36)45)49-34-10-8-9-31(20-34)41(48)43-33-21-38(46)40(39(47)22-33)30-11-13-32(42)14-12-30/h8-16,20-23,26-27,46-47H,7,17-19,24-25H2,1-6H3,(H,43,48). The third-order valence-corrected chi connectivity index (χ3v) is 9.06. The molecule has 258 valence electrons. The van der Waals surface area contributed by atoms with Gasteiger partial charge in [-0.25, -0.2) is 4.39 Å². The quantitative estimate of drug-likeness (QED) is 0.110. The summed E-state index contributed by atoms with van der Waals surface area (Å²) in [4.78, 5) is 15.8. The fourth-order valence-electron chi connectivity index (χ4n) is 6.43. The van der Waals surface area contributed by atoms with Crippen LogP contribution in [0, 0.1) is 31.5 Å². The topological polar surface area (TPSA) is 87.0 Å². The summed E-state index contributed by atoms with van der Waals surface area (Å²) in [5, 5.41) is 25.1. The zero-order valence-electron chi connectivity index (χ0n) is 29.4. The lowest BCUT2D eigenvalue weighted by atomic mass is 10.0. The van der Waals surface area contributed by atoms with Crippen LogP contribution in [0.25, 0.3) is 22.0 Å². The van der Waals surface area contributed by atoms with Crippen LogP contribution in [-0.2, 0) is 6.54 Å². The van der Waals surface area contributed by atoms with Crippen molar-refractivity contribution >= 4 is 22.5 Å². The molecule has 7 nitrogen and oxygen atoms in total. The van der Waals surface area contributed by atoms with E-state index >= 15 is 0 Å². The number of amides is 1. The summed E-state index contributed by atoms with van der Waals surface area (Å²) < 4.78 is 22.0. The molecule has 3 N–H and O–H groups in total. The van der Waals surface area contributed by atoms with Crippen LogP contribution in [0.3, 0.4) is 0 Å². The molecule has 0 radical (unpaired) electrons. The largest absolute Gasteiger partial charge is 0.507 e. The first kappa shape index (κ1) is 35.5. The maximum Gasteiger partial charge on any atom is 0.255 e. The minimum atomic E-state index is -0.436. The second kappa shape index (κ2) is 15.6. The van der Waals surface area contributed by atoms with Crippen molar-refractivity contribution in [3.05, 3.63) is 102 Å². The molecule has 5 aromatic rings. The van der Waals surface area contributed by atoms with Crippen molar-refractivity contribution in [3.8, 4) is 34.1 Å².